The number of hydrogen-bond donors (Lipinski definition) is 2. The number of carbonyl (C=O) groups excluding carboxylic acids is 1. The third-order valence-corrected chi connectivity index (χ3v) is 3.08. The number of aldehydes is 1. The van der Waals surface area contributed by atoms with Crippen LogP contribution in [0.25, 0.3) is 0 Å². The summed E-state index contributed by atoms with van der Waals surface area (Å²) in [5, 5.41) is 20.4. The molecule has 0 heterocycles. The molecule has 2 N–H and O–H groups in total. The Balaban J connectivity index is 3.03. The molecule has 2 atom stereocenters. The molecule has 0 saturated carbocycles. The zero-order chi connectivity index (χ0) is 12.1. The molecule has 0 bridgehead atoms. The Bertz CT molecular complexity index is 370. The lowest BCUT2D eigenvalue weighted by atomic mass is 9.98. The first-order valence-corrected chi connectivity index (χ1v) is 6.27. The van der Waals surface area contributed by atoms with Crippen molar-refractivity contribution in [3.63, 3.8) is 0 Å². The van der Waals surface area contributed by atoms with Crippen LogP contribution >= 0.6 is 27.5 Å². The van der Waals surface area contributed by atoms with E-state index in [4.69, 9.17) is 11.6 Å². The molecule has 0 amide bonds. The Morgan fingerprint density at radius 2 is 2.12 bits per heavy atom. The number of alkyl halides is 1. The van der Waals surface area contributed by atoms with E-state index in [1.807, 2.05) is 0 Å². The summed E-state index contributed by atoms with van der Waals surface area (Å²) in [6.07, 6.45) is -1.04. The van der Waals surface area contributed by atoms with Crippen LogP contribution in [0.3, 0.4) is 0 Å². The van der Waals surface area contributed by atoms with E-state index in [0.717, 1.165) is 0 Å². The van der Waals surface area contributed by atoms with Crippen LogP contribution in [-0.4, -0.2) is 27.9 Å². The van der Waals surface area contributed by atoms with Crippen molar-refractivity contribution in [3.05, 3.63) is 34.3 Å². The average Bonchev–Trinajstić information content (AvgIpc) is 2.28. The quantitative estimate of drug-likeness (QED) is 0.648. The zero-order valence-electron chi connectivity index (χ0n) is 8.44. The number of aliphatic hydroxyl groups excluding tert-OH is 2. The summed E-state index contributed by atoms with van der Waals surface area (Å²) in [5.74, 6) is 0. The number of aliphatic hydroxyl groups is 2. The lowest BCUT2D eigenvalue weighted by Crippen LogP contribution is -2.20. The molecule has 16 heavy (non-hydrogen) atoms. The normalized spacial score (nSPS) is 14.5. The second-order valence-corrected chi connectivity index (χ2v) is 4.55. The molecule has 0 radical (unpaired) electrons. The molecule has 2 unspecified atom stereocenters. The maximum absolute atomic E-state index is 10.8. The van der Waals surface area contributed by atoms with Gasteiger partial charge in [-0.25, -0.2) is 0 Å². The first-order chi connectivity index (χ1) is 7.61. The summed E-state index contributed by atoms with van der Waals surface area (Å²) in [6, 6.07) is 4.78. The van der Waals surface area contributed by atoms with Crippen molar-refractivity contribution in [1.29, 1.82) is 0 Å². The predicted octanol–water partition coefficient (Wildman–Crippen LogP) is 2.33. The highest BCUT2D eigenvalue weighted by Crippen LogP contribution is 2.26. The van der Waals surface area contributed by atoms with Crippen molar-refractivity contribution in [3.8, 4) is 0 Å². The lowest BCUT2D eigenvalue weighted by molar-refractivity contribution is 0.0170. The minimum atomic E-state index is -1.10. The van der Waals surface area contributed by atoms with Gasteiger partial charge in [0.2, 0.25) is 0 Å². The molecule has 1 aromatic carbocycles. The average molecular weight is 308 g/mol. The van der Waals surface area contributed by atoms with Crippen molar-refractivity contribution in [2.24, 2.45) is 0 Å². The third-order valence-electron chi connectivity index (χ3n) is 2.29. The van der Waals surface area contributed by atoms with Crippen molar-refractivity contribution in [1.82, 2.24) is 0 Å². The van der Waals surface area contributed by atoms with Crippen LogP contribution in [0.1, 0.15) is 28.4 Å². The van der Waals surface area contributed by atoms with Crippen molar-refractivity contribution >= 4 is 33.8 Å². The van der Waals surface area contributed by atoms with Gasteiger partial charge in [0.05, 0.1) is 11.1 Å². The Morgan fingerprint density at radius 3 is 2.69 bits per heavy atom. The minimum absolute atomic E-state index is 0.227. The molecular formula is C11H12BrClO3. The van der Waals surface area contributed by atoms with Crippen LogP contribution in [0.5, 0.6) is 0 Å². The number of carbonyl (C=O) groups is 1. The number of halogens is 2. The van der Waals surface area contributed by atoms with Crippen LogP contribution < -0.4 is 0 Å². The molecular weight excluding hydrogens is 295 g/mol. The zero-order valence-corrected chi connectivity index (χ0v) is 10.8. The van der Waals surface area contributed by atoms with Gasteiger partial charge in [0.1, 0.15) is 6.10 Å². The van der Waals surface area contributed by atoms with Crippen LogP contribution in [0, 0.1) is 0 Å². The predicted molar refractivity (Wildman–Crippen MR) is 66.2 cm³/mol. The second-order valence-electron chi connectivity index (χ2n) is 3.35. The standard InChI is InChI=1S/C11H12BrClO3/c12-5-4-10(15)11(16)7-2-1-3-9(13)8(7)6-14/h1-3,6,10-11,15-16H,4-5H2. The lowest BCUT2D eigenvalue weighted by Gasteiger charge is -2.19. The minimum Gasteiger partial charge on any atom is -0.390 e. The molecule has 88 valence electrons. The molecule has 0 aliphatic rings. The topological polar surface area (TPSA) is 57.5 Å². The fraction of sp³-hybridized carbons (Fsp3) is 0.364. The van der Waals surface area contributed by atoms with Crippen LogP contribution in [0.4, 0.5) is 0 Å². The second kappa shape index (κ2) is 6.35. The maximum atomic E-state index is 10.8. The highest BCUT2D eigenvalue weighted by Gasteiger charge is 2.21. The maximum Gasteiger partial charge on any atom is 0.151 e. The monoisotopic (exact) mass is 306 g/mol. The van der Waals surface area contributed by atoms with E-state index in [9.17, 15) is 15.0 Å². The summed E-state index contributed by atoms with van der Waals surface area (Å²) in [7, 11) is 0. The van der Waals surface area contributed by atoms with E-state index in [0.29, 0.717) is 23.6 Å². The van der Waals surface area contributed by atoms with Crippen LogP contribution in [0.15, 0.2) is 18.2 Å². The molecule has 0 aliphatic carbocycles. The first kappa shape index (κ1) is 13.6. The highest BCUT2D eigenvalue weighted by molar-refractivity contribution is 9.09. The van der Waals surface area contributed by atoms with Crippen molar-refractivity contribution in [2.45, 2.75) is 18.6 Å². The van der Waals surface area contributed by atoms with E-state index in [1.54, 1.807) is 18.2 Å². The SMILES string of the molecule is O=Cc1c(Cl)cccc1C(O)C(O)CCBr. The Labute approximate surface area is 107 Å². The fourth-order valence-corrected chi connectivity index (χ4v) is 2.11. The van der Waals surface area contributed by atoms with Gasteiger partial charge in [-0.2, -0.15) is 0 Å². The molecule has 0 fully saturated rings. The molecule has 0 aromatic heterocycles. The smallest absolute Gasteiger partial charge is 0.151 e. The molecule has 0 saturated heterocycles. The van der Waals surface area contributed by atoms with Gasteiger partial charge >= 0.3 is 0 Å². The Morgan fingerprint density at radius 1 is 1.44 bits per heavy atom. The number of rotatable bonds is 5. The van der Waals surface area contributed by atoms with E-state index in [2.05, 4.69) is 15.9 Å². The summed E-state index contributed by atoms with van der Waals surface area (Å²) in [5.41, 5.74) is 0.584. The summed E-state index contributed by atoms with van der Waals surface area (Å²) >= 11 is 9.00. The molecule has 0 spiro atoms. The van der Waals surface area contributed by atoms with Gasteiger partial charge in [-0.15, -0.1) is 0 Å². The Kier molecular flexibility index (Phi) is 5.41. The number of hydrogen-bond acceptors (Lipinski definition) is 3. The van der Waals surface area contributed by atoms with Gasteiger partial charge in [0, 0.05) is 10.9 Å². The van der Waals surface area contributed by atoms with E-state index in [1.165, 1.54) is 0 Å². The summed E-state index contributed by atoms with van der Waals surface area (Å²) in [4.78, 5) is 10.8. The van der Waals surface area contributed by atoms with Gasteiger partial charge in [0.15, 0.2) is 6.29 Å². The van der Waals surface area contributed by atoms with E-state index < -0.39 is 12.2 Å². The van der Waals surface area contributed by atoms with Gasteiger partial charge in [-0.1, -0.05) is 39.7 Å². The molecule has 3 nitrogen and oxygen atoms in total. The van der Waals surface area contributed by atoms with E-state index >= 15 is 0 Å². The molecule has 0 aliphatic heterocycles. The van der Waals surface area contributed by atoms with Gasteiger partial charge in [-0.3, -0.25) is 4.79 Å². The molecule has 1 aromatic rings. The largest absolute Gasteiger partial charge is 0.390 e. The van der Waals surface area contributed by atoms with Crippen LogP contribution in [-0.2, 0) is 0 Å². The van der Waals surface area contributed by atoms with E-state index in [-0.39, 0.29) is 10.6 Å². The van der Waals surface area contributed by atoms with Gasteiger partial charge < -0.3 is 10.2 Å². The molecule has 1 rings (SSSR count). The highest BCUT2D eigenvalue weighted by atomic mass is 79.9. The summed E-state index contributed by atoms with van der Waals surface area (Å²) < 4.78 is 0. The first-order valence-electron chi connectivity index (χ1n) is 4.77. The van der Waals surface area contributed by atoms with Crippen molar-refractivity contribution in [2.75, 3.05) is 5.33 Å². The van der Waals surface area contributed by atoms with Gasteiger partial charge in [-0.05, 0) is 18.1 Å². The van der Waals surface area contributed by atoms with Gasteiger partial charge in [0.25, 0.3) is 0 Å². The number of benzene rings is 1. The molecule has 5 heteroatoms. The van der Waals surface area contributed by atoms with Crippen molar-refractivity contribution < 1.29 is 15.0 Å². The Hall–Kier alpha value is -0.420. The summed E-state index contributed by atoms with van der Waals surface area (Å²) in [6.45, 7) is 0. The van der Waals surface area contributed by atoms with Crippen LogP contribution in [0.2, 0.25) is 5.02 Å². The fourth-order valence-electron chi connectivity index (χ4n) is 1.41. The third kappa shape index (κ3) is 3.04.